The van der Waals surface area contributed by atoms with Gasteiger partial charge < -0.3 is 19.7 Å². The van der Waals surface area contributed by atoms with Gasteiger partial charge in [0.1, 0.15) is 29.7 Å². The van der Waals surface area contributed by atoms with Crippen LogP contribution in [0.3, 0.4) is 0 Å². The molecule has 1 aliphatic heterocycles. The molecule has 0 bridgehead atoms. The number of benzene rings is 1. The number of para-hydroxylation sites is 2. The molecule has 1 N–H and O–H groups in total. The van der Waals surface area contributed by atoms with Gasteiger partial charge in [-0.15, -0.1) is 11.3 Å². The first-order valence-corrected chi connectivity index (χ1v) is 11.9. The summed E-state index contributed by atoms with van der Waals surface area (Å²) in [6.07, 6.45) is 3.90. The van der Waals surface area contributed by atoms with Crippen LogP contribution in [0.5, 0.6) is 11.5 Å². The molecule has 0 saturated heterocycles. The quantitative estimate of drug-likeness (QED) is 0.436. The Morgan fingerprint density at radius 3 is 2.79 bits per heavy atom. The Hall–Kier alpha value is -3.72. The minimum Gasteiger partial charge on any atom is -0.486 e. The maximum atomic E-state index is 13.0. The van der Waals surface area contributed by atoms with Crippen molar-refractivity contribution in [2.45, 2.75) is 19.4 Å². The molecule has 5 rings (SSSR count). The zero-order valence-corrected chi connectivity index (χ0v) is 19.8. The Balaban J connectivity index is 1.28. The predicted octanol–water partition coefficient (Wildman–Crippen LogP) is 3.64. The Morgan fingerprint density at radius 1 is 1.15 bits per heavy atom. The van der Waals surface area contributed by atoms with Crippen LogP contribution < -0.4 is 19.7 Å². The average molecular weight is 476 g/mol. The van der Waals surface area contributed by atoms with Crippen LogP contribution >= 0.6 is 11.3 Å². The van der Waals surface area contributed by atoms with Crippen molar-refractivity contribution in [1.29, 1.82) is 0 Å². The topological polar surface area (TPSA) is 89.5 Å². The van der Waals surface area contributed by atoms with Gasteiger partial charge in [0, 0.05) is 31.9 Å². The SMILES string of the molecule is Cc1c(C(=O)NC[C@H]2COc3ccccc3O2)sc2ncnc(N(C)CCc3ccccn3)c12. The highest BCUT2D eigenvalue weighted by Gasteiger charge is 2.24. The van der Waals surface area contributed by atoms with E-state index in [1.807, 2.05) is 56.4 Å². The van der Waals surface area contributed by atoms with E-state index in [4.69, 9.17) is 9.47 Å². The first kappa shape index (κ1) is 22.1. The van der Waals surface area contributed by atoms with E-state index in [0.29, 0.717) is 23.8 Å². The fourth-order valence-electron chi connectivity index (χ4n) is 3.94. The standard InChI is InChI=1S/C25H25N5O3S/c1-16-21-23(30(2)12-10-17-7-5-6-11-26-17)28-15-29-25(21)34-22(16)24(31)27-13-18-14-32-19-8-3-4-9-20(19)33-18/h3-9,11,15,18H,10,12-14H2,1-2H3,(H,27,31)/t18-/m0/s1. The van der Waals surface area contributed by atoms with Crippen LogP contribution in [0.15, 0.2) is 55.0 Å². The van der Waals surface area contributed by atoms with Crippen molar-refractivity contribution in [3.05, 3.63) is 71.1 Å². The Bertz CT molecular complexity index is 1310. The van der Waals surface area contributed by atoms with E-state index in [-0.39, 0.29) is 12.0 Å². The fraction of sp³-hybridized carbons (Fsp3) is 0.280. The third kappa shape index (κ3) is 4.51. The lowest BCUT2D eigenvalue weighted by Gasteiger charge is -2.26. The molecule has 4 aromatic rings. The zero-order chi connectivity index (χ0) is 23.5. The van der Waals surface area contributed by atoms with Crippen LogP contribution in [0.2, 0.25) is 0 Å². The minimum atomic E-state index is -0.249. The molecule has 1 aromatic carbocycles. The van der Waals surface area contributed by atoms with Crippen molar-refractivity contribution in [3.63, 3.8) is 0 Å². The number of aromatic nitrogens is 3. The number of hydrogen-bond acceptors (Lipinski definition) is 8. The number of carbonyl (C=O) groups is 1. The number of carbonyl (C=O) groups excluding carboxylic acids is 1. The van der Waals surface area contributed by atoms with Crippen molar-refractivity contribution < 1.29 is 14.3 Å². The summed E-state index contributed by atoms with van der Waals surface area (Å²) < 4.78 is 11.7. The molecular weight excluding hydrogens is 450 g/mol. The lowest BCUT2D eigenvalue weighted by atomic mass is 10.1. The molecule has 0 fully saturated rings. The highest BCUT2D eigenvalue weighted by molar-refractivity contribution is 7.20. The summed E-state index contributed by atoms with van der Waals surface area (Å²) >= 11 is 1.38. The number of anilines is 1. The van der Waals surface area contributed by atoms with Gasteiger partial charge in [-0.1, -0.05) is 18.2 Å². The lowest BCUT2D eigenvalue weighted by Crippen LogP contribution is -2.40. The number of rotatable bonds is 7. The smallest absolute Gasteiger partial charge is 0.261 e. The van der Waals surface area contributed by atoms with Gasteiger partial charge in [0.2, 0.25) is 0 Å². The zero-order valence-electron chi connectivity index (χ0n) is 19.0. The Morgan fingerprint density at radius 2 is 1.97 bits per heavy atom. The average Bonchev–Trinajstić information content (AvgIpc) is 3.23. The number of hydrogen-bond donors (Lipinski definition) is 1. The largest absolute Gasteiger partial charge is 0.486 e. The molecule has 1 amide bonds. The van der Waals surface area contributed by atoms with Gasteiger partial charge in [0.25, 0.3) is 5.91 Å². The molecule has 174 valence electrons. The van der Waals surface area contributed by atoms with Gasteiger partial charge in [-0.25, -0.2) is 9.97 Å². The summed E-state index contributed by atoms with van der Waals surface area (Å²) in [6.45, 7) is 3.44. The lowest BCUT2D eigenvalue weighted by molar-refractivity contribution is 0.0791. The summed E-state index contributed by atoms with van der Waals surface area (Å²) in [7, 11) is 2.00. The van der Waals surface area contributed by atoms with E-state index >= 15 is 0 Å². The number of nitrogens with zero attached hydrogens (tertiary/aromatic N) is 4. The van der Waals surface area contributed by atoms with Crippen molar-refractivity contribution in [2.24, 2.45) is 0 Å². The maximum absolute atomic E-state index is 13.0. The second-order valence-electron chi connectivity index (χ2n) is 8.13. The van der Waals surface area contributed by atoms with E-state index in [1.54, 1.807) is 12.5 Å². The van der Waals surface area contributed by atoms with Crippen molar-refractivity contribution in [3.8, 4) is 11.5 Å². The normalized spacial score (nSPS) is 14.7. The molecule has 1 atom stereocenters. The van der Waals surface area contributed by atoms with E-state index < -0.39 is 0 Å². The minimum absolute atomic E-state index is 0.148. The number of fused-ring (bicyclic) bond motifs is 2. The number of ether oxygens (including phenoxy) is 2. The number of thiophene rings is 1. The molecule has 3 aromatic heterocycles. The Kier molecular flexibility index (Phi) is 6.27. The molecule has 0 saturated carbocycles. The highest BCUT2D eigenvalue weighted by atomic mass is 32.1. The van der Waals surface area contributed by atoms with Crippen LogP contribution in [0.1, 0.15) is 20.9 Å². The van der Waals surface area contributed by atoms with Crippen LogP contribution in [-0.2, 0) is 6.42 Å². The van der Waals surface area contributed by atoms with Crippen LogP contribution in [0, 0.1) is 6.92 Å². The fourth-order valence-corrected chi connectivity index (χ4v) is 5.00. The van der Waals surface area contributed by atoms with Crippen molar-refractivity contribution >= 4 is 33.3 Å². The molecule has 0 radical (unpaired) electrons. The second-order valence-corrected chi connectivity index (χ2v) is 9.13. The van der Waals surface area contributed by atoms with Crippen LogP contribution in [0.25, 0.3) is 10.2 Å². The van der Waals surface area contributed by atoms with E-state index in [2.05, 4.69) is 25.2 Å². The summed E-state index contributed by atoms with van der Waals surface area (Å²) in [5.41, 5.74) is 1.90. The monoisotopic (exact) mass is 475 g/mol. The summed E-state index contributed by atoms with van der Waals surface area (Å²) in [5, 5.41) is 3.90. The number of likely N-dealkylation sites (N-methyl/N-ethyl adjacent to an activating group) is 1. The molecule has 9 heteroatoms. The summed E-state index contributed by atoms with van der Waals surface area (Å²) in [6, 6.07) is 13.5. The maximum Gasteiger partial charge on any atom is 0.261 e. The second kappa shape index (κ2) is 9.64. The molecular formula is C25H25N5O3S. The molecule has 4 heterocycles. The predicted molar refractivity (Wildman–Crippen MR) is 132 cm³/mol. The highest BCUT2D eigenvalue weighted by Crippen LogP contribution is 2.35. The van der Waals surface area contributed by atoms with Crippen molar-refractivity contribution in [1.82, 2.24) is 20.3 Å². The van der Waals surface area contributed by atoms with Gasteiger partial charge in [-0.05, 0) is 36.8 Å². The van der Waals surface area contributed by atoms with Gasteiger partial charge in [0.05, 0.1) is 16.8 Å². The number of nitrogens with one attached hydrogen (secondary N) is 1. The number of pyridine rings is 1. The third-order valence-corrected chi connectivity index (χ3v) is 6.96. The summed E-state index contributed by atoms with van der Waals surface area (Å²) in [5.74, 6) is 2.09. The summed E-state index contributed by atoms with van der Waals surface area (Å²) in [4.78, 5) is 29.9. The number of aryl methyl sites for hydroxylation is 1. The first-order chi connectivity index (χ1) is 16.6. The molecule has 0 spiro atoms. The third-order valence-electron chi connectivity index (χ3n) is 5.76. The molecule has 0 unspecified atom stereocenters. The first-order valence-electron chi connectivity index (χ1n) is 11.1. The van der Waals surface area contributed by atoms with Gasteiger partial charge in [-0.3, -0.25) is 9.78 Å². The van der Waals surface area contributed by atoms with Gasteiger partial charge >= 0.3 is 0 Å². The van der Waals surface area contributed by atoms with Crippen LogP contribution in [-0.4, -0.2) is 53.7 Å². The van der Waals surface area contributed by atoms with Gasteiger partial charge in [0.15, 0.2) is 11.5 Å². The molecule has 0 aliphatic carbocycles. The van der Waals surface area contributed by atoms with E-state index in [9.17, 15) is 4.79 Å². The van der Waals surface area contributed by atoms with Crippen LogP contribution in [0.4, 0.5) is 5.82 Å². The molecule has 8 nitrogen and oxygen atoms in total. The van der Waals surface area contributed by atoms with E-state index in [0.717, 1.165) is 46.0 Å². The Labute approximate surface area is 201 Å². The molecule has 34 heavy (non-hydrogen) atoms. The van der Waals surface area contributed by atoms with Gasteiger partial charge in [-0.2, -0.15) is 0 Å². The number of amides is 1. The van der Waals surface area contributed by atoms with Crippen molar-refractivity contribution in [2.75, 3.05) is 31.6 Å². The molecule has 1 aliphatic rings. The van der Waals surface area contributed by atoms with E-state index in [1.165, 1.54) is 11.3 Å².